The monoisotopic (exact) mass is 313 g/mol. The minimum atomic E-state index is -0.894. The van der Waals surface area contributed by atoms with Crippen LogP contribution in [0.1, 0.15) is 30.6 Å². The van der Waals surface area contributed by atoms with Crippen LogP contribution in [-0.4, -0.2) is 42.2 Å². The maximum atomic E-state index is 11.9. The molecule has 2 N–H and O–H groups in total. The molecule has 116 valence electrons. The third-order valence-electron chi connectivity index (χ3n) is 2.91. The van der Waals surface area contributed by atoms with Crippen LogP contribution in [0.15, 0.2) is 24.3 Å². The quantitative estimate of drug-likeness (QED) is 0.565. The maximum absolute atomic E-state index is 11.9. The second-order valence-corrected chi connectivity index (χ2v) is 5.04. The number of esters is 1. The number of benzene rings is 1. The Hall–Kier alpha value is -1.43. The molecular formula is C15H20ClNO4. The zero-order valence-corrected chi connectivity index (χ0v) is 12.9. The molecule has 0 saturated heterocycles. The number of carbonyl (C=O) groups excluding carboxylic acids is 2. The van der Waals surface area contributed by atoms with Crippen molar-refractivity contribution in [2.45, 2.75) is 32.4 Å². The van der Waals surface area contributed by atoms with E-state index in [0.29, 0.717) is 10.6 Å². The van der Waals surface area contributed by atoms with Gasteiger partial charge in [-0.3, -0.25) is 9.59 Å². The largest absolute Gasteiger partial charge is 0.465 e. The minimum absolute atomic E-state index is 0.0626. The molecule has 0 radical (unpaired) electrons. The molecule has 0 aliphatic rings. The Labute approximate surface area is 129 Å². The van der Waals surface area contributed by atoms with Gasteiger partial charge in [-0.15, -0.1) is 0 Å². The van der Waals surface area contributed by atoms with Crippen LogP contribution in [0.5, 0.6) is 0 Å². The normalized spacial score (nSPS) is 13.5. The smallest absolute Gasteiger partial charge is 0.325 e. The summed E-state index contributed by atoms with van der Waals surface area (Å²) in [4.78, 5) is 23.6. The molecular weight excluding hydrogens is 294 g/mol. The van der Waals surface area contributed by atoms with E-state index in [1.165, 1.54) is 6.92 Å². The van der Waals surface area contributed by atoms with E-state index in [9.17, 15) is 14.7 Å². The molecule has 0 fully saturated rings. The van der Waals surface area contributed by atoms with Crippen LogP contribution in [0.2, 0.25) is 5.02 Å². The lowest BCUT2D eigenvalue weighted by atomic mass is 10.1. The van der Waals surface area contributed by atoms with Crippen molar-refractivity contribution in [3.8, 4) is 0 Å². The Morgan fingerprint density at radius 3 is 2.48 bits per heavy atom. The van der Waals surface area contributed by atoms with E-state index in [1.54, 1.807) is 31.2 Å². The van der Waals surface area contributed by atoms with Crippen LogP contribution in [-0.2, 0) is 9.53 Å². The average Bonchev–Trinajstić information content (AvgIpc) is 2.43. The second-order valence-electron chi connectivity index (χ2n) is 4.60. The minimum Gasteiger partial charge on any atom is -0.465 e. The number of hydrogen-bond acceptors (Lipinski definition) is 5. The summed E-state index contributed by atoms with van der Waals surface area (Å²) in [6, 6.07) is 5.78. The maximum Gasteiger partial charge on any atom is 0.325 e. The SMILES string of the molecule is CCOC(=O)C(NCCC(=O)c1ccc(Cl)cc1)C(C)O. The molecule has 6 heteroatoms. The fraction of sp³-hybridized carbons (Fsp3) is 0.467. The Morgan fingerprint density at radius 2 is 1.95 bits per heavy atom. The molecule has 0 spiro atoms. The van der Waals surface area contributed by atoms with E-state index in [2.05, 4.69) is 5.32 Å². The Kier molecular flexibility index (Phi) is 7.36. The number of hydrogen-bond donors (Lipinski definition) is 2. The van der Waals surface area contributed by atoms with Gasteiger partial charge in [0.15, 0.2) is 5.78 Å². The van der Waals surface area contributed by atoms with E-state index < -0.39 is 18.1 Å². The highest BCUT2D eigenvalue weighted by atomic mass is 35.5. The van der Waals surface area contributed by atoms with Crippen molar-refractivity contribution in [1.29, 1.82) is 0 Å². The van der Waals surface area contributed by atoms with Crippen molar-refractivity contribution in [2.24, 2.45) is 0 Å². The molecule has 1 aromatic carbocycles. The van der Waals surface area contributed by atoms with E-state index in [-0.39, 0.29) is 25.4 Å². The van der Waals surface area contributed by atoms with Gasteiger partial charge in [0, 0.05) is 23.6 Å². The molecule has 1 rings (SSSR count). The highest BCUT2D eigenvalue weighted by molar-refractivity contribution is 6.30. The Bertz CT molecular complexity index is 473. The number of rotatable bonds is 8. The van der Waals surface area contributed by atoms with Crippen molar-refractivity contribution < 1.29 is 19.4 Å². The van der Waals surface area contributed by atoms with Gasteiger partial charge in [-0.2, -0.15) is 0 Å². The molecule has 0 aromatic heterocycles. The standard InChI is InChI=1S/C15H20ClNO4/c1-3-21-15(20)14(10(2)18)17-9-8-13(19)11-4-6-12(16)7-5-11/h4-7,10,14,17-18H,3,8-9H2,1-2H3. The van der Waals surface area contributed by atoms with E-state index in [4.69, 9.17) is 16.3 Å². The van der Waals surface area contributed by atoms with Gasteiger partial charge in [0.05, 0.1) is 12.7 Å². The molecule has 2 atom stereocenters. The lowest BCUT2D eigenvalue weighted by Crippen LogP contribution is -2.46. The van der Waals surface area contributed by atoms with Crippen LogP contribution < -0.4 is 5.32 Å². The highest BCUT2D eigenvalue weighted by Gasteiger charge is 2.24. The second kappa shape index (κ2) is 8.77. The summed E-state index contributed by atoms with van der Waals surface area (Å²) in [5.74, 6) is -0.584. The summed E-state index contributed by atoms with van der Waals surface area (Å²) >= 11 is 5.76. The number of ketones is 1. The topological polar surface area (TPSA) is 75.6 Å². The lowest BCUT2D eigenvalue weighted by Gasteiger charge is -2.19. The van der Waals surface area contributed by atoms with Gasteiger partial charge < -0.3 is 15.2 Å². The van der Waals surface area contributed by atoms with Crippen molar-refractivity contribution in [3.63, 3.8) is 0 Å². The van der Waals surface area contributed by atoms with Gasteiger partial charge in [0.1, 0.15) is 6.04 Å². The third-order valence-corrected chi connectivity index (χ3v) is 3.16. The number of nitrogens with one attached hydrogen (secondary N) is 1. The molecule has 0 aliphatic carbocycles. The highest BCUT2D eigenvalue weighted by Crippen LogP contribution is 2.11. The van der Waals surface area contributed by atoms with Crippen LogP contribution in [0.3, 0.4) is 0 Å². The van der Waals surface area contributed by atoms with E-state index in [0.717, 1.165) is 0 Å². The Morgan fingerprint density at radius 1 is 1.33 bits per heavy atom. The van der Waals surface area contributed by atoms with Crippen LogP contribution in [0.4, 0.5) is 0 Å². The van der Waals surface area contributed by atoms with Gasteiger partial charge >= 0.3 is 5.97 Å². The number of carbonyl (C=O) groups is 2. The summed E-state index contributed by atoms with van der Waals surface area (Å²) in [5.41, 5.74) is 0.561. The molecule has 0 amide bonds. The summed E-state index contributed by atoms with van der Waals surface area (Å²) in [6.45, 7) is 3.71. The van der Waals surface area contributed by atoms with E-state index in [1.807, 2.05) is 0 Å². The van der Waals surface area contributed by atoms with Crippen molar-refractivity contribution in [3.05, 3.63) is 34.9 Å². The van der Waals surface area contributed by atoms with Crippen LogP contribution in [0.25, 0.3) is 0 Å². The first-order valence-corrected chi connectivity index (χ1v) is 7.20. The zero-order chi connectivity index (χ0) is 15.8. The molecule has 0 bridgehead atoms. The lowest BCUT2D eigenvalue weighted by molar-refractivity contribution is -0.148. The van der Waals surface area contributed by atoms with Gasteiger partial charge in [-0.05, 0) is 38.1 Å². The number of halogens is 1. The summed E-state index contributed by atoms with van der Waals surface area (Å²) in [7, 11) is 0. The van der Waals surface area contributed by atoms with Gasteiger partial charge in [0.25, 0.3) is 0 Å². The third kappa shape index (κ3) is 5.83. The number of aliphatic hydroxyl groups excluding tert-OH is 1. The molecule has 2 unspecified atom stereocenters. The average molecular weight is 314 g/mol. The first-order valence-electron chi connectivity index (χ1n) is 6.82. The first-order chi connectivity index (χ1) is 9.95. The van der Waals surface area contributed by atoms with Crippen molar-refractivity contribution in [2.75, 3.05) is 13.2 Å². The van der Waals surface area contributed by atoms with Gasteiger partial charge in [0.2, 0.25) is 0 Å². The molecule has 21 heavy (non-hydrogen) atoms. The molecule has 0 saturated carbocycles. The number of aliphatic hydroxyl groups is 1. The zero-order valence-electron chi connectivity index (χ0n) is 12.1. The first kappa shape index (κ1) is 17.6. The molecule has 0 aliphatic heterocycles. The fourth-order valence-electron chi connectivity index (χ4n) is 1.80. The van der Waals surface area contributed by atoms with Crippen molar-refractivity contribution in [1.82, 2.24) is 5.32 Å². The predicted molar refractivity (Wildman–Crippen MR) is 80.5 cm³/mol. The van der Waals surface area contributed by atoms with Crippen LogP contribution in [0, 0.1) is 0 Å². The van der Waals surface area contributed by atoms with E-state index >= 15 is 0 Å². The predicted octanol–water partition coefficient (Wildman–Crippen LogP) is 1.81. The summed E-state index contributed by atoms with van der Waals surface area (Å²) in [6.07, 6.45) is -0.681. The van der Waals surface area contributed by atoms with Crippen LogP contribution >= 0.6 is 11.6 Å². The van der Waals surface area contributed by atoms with Gasteiger partial charge in [-0.25, -0.2) is 0 Å². The number of Topliss-reactive ketones (excluding diaryl/α,β-unsaturated/α-hetero) is 1. The molecule has 1 aromatic rings. The summed E-state index contributed by atoms with van der Waals surface area (Å²) < 4.78 is 4.86. The fourth-order valence-corrected chi connectivity index (χ4v) is 1.93. The Balaban J connectivity index is 2.48. The van der Waals surface area contributed by atoms with Crippen molar-refractivity contribution >= 4 is 23.4 Å². The molecule has 5 nitrogen and oxygen atoms in total. The summed E-state index contributed by atoms with van der Waals surface area (Å²) in [5, 5.41) is 13.0. The number of ether oxygens (including phenoxy) is 1. The van der Waals surface area contributed by atoms with Gasteiger partial charge in [-0.1, -0.05) is 11.6 Å². The molecule has 0 heterocycles.